The number of carbonyl (C=O) groups excluding carboxylic acids is 2. The third-order valence-corrected chi connectivity index (χ3v) is 1.09. The third-order valence-electron chi connectivity index (χ3n) is 0.767. The van der Waals surface area contributed by atoms with Crippen LogP contribution >= 0.6 is 11.6 Å². The molecule has 1 amide bonds. The van der Waals surface area contributed by atoms with Crippen LogP contribution in [0, 0.1) is 0 Å². The van der Waals surface area contributed by atoms with Crippen LogP contribution in [0.5, 0.6) is 0 Å². The Morgan fingerprint density at radius 3 is 1.24 bits per heavy atom. The lowest BCUT2D eigenvalue weighted by Crippen LogP contribution is -2.13. The van der Waals surface area contributed by atoms with E-state index in [1.165, 1.54) is 13.1 Å². The maximum absolute atomic E-state index is 9.95. The number of nitrogens with two attached hydrogens (primary N) is 1. The molecule has 4 nitrogen and oxygen atoms in total. The molecule has 0 aliphatic rings. The summed E-state index contributed by atoms with van der Waals surface area (Å²) >= 11 is 4.87. The predicted molar refractivity (Wildman–Crippen MR) is 103 cm³/mol. The molecule has 3 N–H and O–H groups in total. The van der Waals surface area contributed by atoms with Gasteiger partial charge in [-0.3, -0.25) is 9.59 Å². The van der Waals surface area contributed by atoms with Gasteiger partial charge in [0.2, 0.25) is 11.1 Å². The quantitative estimate of drug-likeness (QED) is 0.565. The van der Waals surface area contributed by atoms with Crippen LogP contribution in [-0.2, 0) is 9.59 Å². The van der Waals surface area contributed by atoms with Crippen molar-refractivity contribution in [3.05, 3.63) is 24.8 Å². The molecule has 0 bridgehead atoms. The van der Waals surface area contributed by atoms with Crippen molar-refractivity contribution in [1.29, 1.82) is 0 Å². The smallest absolute Gasteiger partial charge is 0.247 e. The van der Waals surface area contributed by atoms with E-state index < -0.39 is 5.24 Å². The van der Waals surface area contributed by atoms with Crippen molar-refractivity contribution in [3.8, 4) is 0 Å². The normalized spacial score (nSPS) is 5.00. The minimum Gasteiger partial charge on any atom is -0.356 e. The summed E-state index contributed by atoms with van der Waals surface area (Å²) in [6, 6.07) is 0. The second-order valence-corrected chi connectivity index (χ2v) is 2.22. The molecule has 134 valence electrons. The molecule has 21 heavy (non-hydrogen) atoms. The van der Waals surface area contributed by atoms with E-state index in [4.69, 9.17) is 11.6 Å². The Bertz CT molecular complexity index is 192. The average molecular weight is 329 g/mol. The monoisotopic (exact) mass is 328 g/mol. The largest absolute Gasteiger partial charge is 0.356 e. The predicted octanol–water partition coefficient (Wildman–Crippen LogP) is 4.78. The van der Waals surface area contributed by atoms with E-state index in [1.54, 1.807) is 14.0 Å². The number of nitrogens with one attached hydrogen (secondary N) is 1. The molecule has 0 saturated heterocycles. The lowest BCUT2D eigenvalue weighted by Gasteiger charge is -1.82. The highest BCUT2D eigenvalue weighted by Crippen LogP contribution is 1.91. The van der Waals surface area contributed by atoms with Crippen molar-refractivity contribution < 1.29 is 9.59 Å². The SMILES string of the molecule is C.C.C.C=C(C)C(=O)Cl.C=CC(=O)NC.CC.CC.CN. The van der Waals surface area contributed by atoms with Gasteiger partial charge in [0.15, 0.2) is 0 Å². The van der Waals surface area contributed by atoms with E-state index in [0.29, 0.717) is 5.57 Å². The van der Waals surface area contributed by atoms with Crippen LogP contribution in [0.3, 0.4) is 0 Å². The maximum atomic E-state index is 9.95. The van der Waals surface area contributed by atoms with E-state index in [9.17, 15) is 9.59 Å². The summed E-state index contributed by atoms with van der Waals surface area (Å²) in [4.78, 5) is 19.8. The zero-order chi connectivity index (χ0) is 16.1. The van der Waals surface area contributed by atoms with Gasteiger partial charge in [0.05, 0.1) is 0 Å². The summed E-state index contributed by atoms with van der Waals surface area (Å²) in [5.41, 5.74) is 4.89. The molecule has 0 aromatic rings. The van der Waals surface area contributed by atoms with Crippen molar-refractivity contribution in [2.75, 3.05) is 14.1 Å². The summed E-state index contributed by atoms with van der Waals surface area (Å²) in [6.45, 7) is 16.1. The molecule has 0 heterocycles. The Hall–Kier alpha value is -1.13. The van der Waals surface area contributed by atoms with Gasteiger partial charge in [-0.15, -0.1) is 0 Å². The van der Waals surface area contributed by atoms with Crippen molar-refractivity contribution in [2.24, 2.45) is 5.73 Å². The molecular formula is C16H41ClN2O2. The number of hydrogen-bond donors (Lipinski definition) is 2. The van der Waals surface area contributed by atoms with Gasteiger partial charge in [0.1, 0.15) is 0 Å². The van der Waals surface area contributed by atoms with E-state index >= 15 is 0 Å². The lowest BCUT2D eigenvalue weighted by molar-refractivity contribution is -0.116. The van der Waals surface area contributed by atoms with Gasteiger partial charge < -0.3 is 11.1 Å². The first-order chi connectivity index (χ1) is 8.45. The number of hydrogen-bond acceptors (Lipinski definition) is 3. The van der Waals surface area contributed by atoms with Crippen LogP contribution < -0.4 is 11.1 Å². The summed E-state index contributed by atoms with van der Waals surface area (Å²) < 4.78 is 0. The molecule has 0 saturated carbocycles. The molecule has 0 aromatic heterocycles. The molecule has 0 radical (unpaired) electrons. The minimum atomic E-state index is -0.463. The first-order valence-electron chi connectivity index (χ1n) is 5.73. The number of rotatable bonds is 2. The van der Waals surface area contributed by atoms with Gasteiger partial charge in [-0.2, -0.15) is 0 Å². The molecular weight excluding hydrogens is 288 g/mol. The van der Waals surface area contributed by atoms with Crippen LogP contribution in [0.4, 0.5) is 0 Å². The third kappa shape index (κ3) is 114. The second-order valence-electron chi connectivity index (χ2n) is 1.87. The zero-order valence-corrected chi connectivity index (χ0v) is 13.5. The van der Waals surface area contributed by atoms with E-state index in [2.05, 4.69) is 24.2 Å². The highest BCUT2D eigenvalue weighted by atomic mass is 35.5. The van der Waals surface area contributed by atoms with Crippen molar-refractivity contribution in [2.45, 2.75) is 56.9 Å². The van der Waals surface area contributed by atoms with Gasteiger partial charge >= 0.3 is 0 Å². The molecule has 0 atom stereocenters. The molecule has 0 unspecified atom stereocenters. The van der Waals surface area contributed by atoms with Crippen molar-refractivity contribution >= 4 is 22.8 Å². The van der Waals surface area contributed by atoms with Crippen molar-refractivity contribution in [3.63, 3.8) is 0 Å². The lowest BCUT2D eigenvalue weighted by atomic mass is 10.4. The first kappa shape index (κ1) is 50.2. The number of allylic oxidation sites excluding steroid dienone is 1. The Morgan fingerprint density at radius 2 is 1.24 bits per heavy atom. The topological polar surface area (TPSA) is 72.2 Å². The summed E-state index contributed by atoms with van der Waals surface area (Å²) in [5, 5.41) is 1.89. The Balaban J connectivity index is -0.0000000179. The molecule has 0 fully saturated rings. The van der Waals surface area contributed by atoms with Crippen LogP contribution in [-0.4, -0.2) is 25.2 Å². The molecule has 0 aromatic carbocycles. The summed E-state index contributed by atoms with van der Waals surface area (Å²) in [7, 11) is 3.06. The number of likely N-dealkylation sites (N-methyl/N-ethyl adjacent to an activating group) is 1. The van der Waals surface area contributed by atoms with E-state index in [-0.39, 0.29) is 28.2 Å². The minimum absolute atomic E-state index is 0. The van der Waals surface area contributed by atoms with Gasteiger partial charge in [-0.25, -0.2) is 0 Å². The van der Waals surface area contributed by atoms with Crippen LogP contribution in [0.15, 0.2) is 24.8 Å². The van der Waals surface area contributed by atoms with E-state index in [0.717, 1.165) is 0 Å². The second kappa shape index (κ2) is 61.9. The maximum Gasteiger partial charge on any atom is 0.247 e. The Morgan fingerprint density at radius 1 is 1.05 bits per heavy atom. The van der Waals surface area contributed by atoms with Gasteiger partial charge in [-0.05, 0) is 31.6 Å². The highest BCUT2D eigenvalue weighted by Gasteiger charge is 1.89. The van der Waals surface area contributed by atoms with Gasteiger partial charge in [0.25, 0.3) is 0 Å². The van der Waals surface area contributed by atoms with Crippen molar-refractivity contribution in [1.82, 2.24) is 5.32 Å². The summed E-state index contributed by atoms with van der Waals surface area (Å²) in [5.74, 6) is -0.144. The first-order valence-corrected chi connectivity index (χ1v) is 6.10. The van der Waals surface area contributed by atoms with Crippen LogP contribution in [0.2, 0.25) is 0 Å². The Labute approximate surface area is 139 Å². The summed E-state index contributed by atoms with van der Waals surface area (Å²) in [6.07, 6.45) is 1.22. The fourth-order valence-electron chi connectivity index (χ4n) is 0.102. The molecule has 0 aliphatic carbocycles. The molecule has 0 aliphatic heterocycles. The molecule has 5 heteroatoms. The number of halogens is 1. The van der Waals surface area contributed by atoms with Gasteiger partial charge in [-0.1, -0.05) is 63.1 Å². The number of carbonyl (C=O) groups is 2. The van der Waals surface area contributed by atoms with E-state index in [1.807, 2.05) is 27.7 Å². The van der Waals surface area contributed by atoms with Crippen LogP contribution in [0.1, 0.15) is 56.9 Å². The molecule has 0 spiro atoms. The standard InChI is InChI=1S/C4H5ClO.C4H7NO.2C2H6.CH5N.3CH4/c1-3(2)4(5)6;1-3-4(6)5-2;3*1-2;;;/h1H2,2H3;3H,1H2,2H3,(H,5,6);2*1-2H3;2H2,1H3;3*1H4. The number of amides is 1. The zero-order valence-electron chi connectivity index (χ0n) is 12.8. The van der Waals surface area contributed by atoms with Crippen LogP contribution in [0.25, 0.3) is 0 Å². The fourth-order valence-corrected chi connectivity index (χ4v) is 0.102. The average Bonchev–Trinajstić information content (AvgIpc) is 2.45. The fraction of sp³-hybridized carbons (Fsp3) is 0.625. The Kier molecular flexibility index (Phi) is 148. The highest BCUT2D eigenvalue weighted by molar-refractivity contribution is 6.67. The van der Waals surface area contributed by atoms with Gasteiger partial charge in [0, 0.05) is 12.6 Å². The molecule has 0 rings (SSSR count).